The topological polar surface area (TPSA) is 66.5 Å². The minimum Gasteiger partial charge on any atom is -0.340 e. The molecule has 0 radical (unpaired) electrons. The fraction of sp³-hybridized carbons (Fsp3) is 0.0833. The number of aromatic nitrogens is 4. The summed E-state index contributed by atoms with van der Waals surface area (Å²) in [6, 6.07) is 6.43. The van der Waals surface area contributed by atoms with Crippen molar-refractivity contribution >= 4 is 22.7 Å². The lowest BCUT2D eigenvalue weighted by atomic mass is 10.3. The fourth-order valence-electron chi connectivity index (χ4n) is 1.72. The third kappa shape index (κ3) is 1.77. The third-order valence-electron chi connectivity index (χ3n) is 2.52. The molecule has 18 heavy (non-hydrogen) atoms. The number of anilines is 2. The van der Waals surface area contributed by atoms with Gasteiger partial charge in [0.05, 0.1) is 12.0 Å². The Hall–Kier alpha value is -2.50. The molecule has 0 saturated heterocycles. The van der Waals surface area contributed by atoms with Gasteiger partial charge in [-0.2, -0.15) is 0 Å². The van der Waals surface area contributed by atoms with Gasteiger partial charge in [-0.15, -0.1) is 0 Å². The van der Waals surface area contributed by atoms with Crippen LogP contribution in [0.1, 0.15) is 5.82 Å². The molecule has 3 aromatic rings. The summed E-state index contributed by atoms with van der Waals surface area (Å²) in [5.41, 5.74) is 1.58. The summed E-state index contributed by atoms with van der Waals surface area (Å²) in [4.78, 5) is 15.4. The molecular formula is C12H10FN5. The zero-order valence-electron chi connectivity index (χ0n) is 9.61. The van der Waals surface area contributed by atoms with Crippen molar-refractivity contribution in [1.82, 2.24) is 19.9 Å². The molecule has 2 heterocycles. The van der Waals surface area contributed by atoms with Gasteiger partial charge < -0.3 is 10.3 Å². The van der Waals surface area contributed by atoms with Crippen LogP contribution in [-0.2, 0) is 0 Å². The summed E-state index contributed by atoms with van der Waals surface area (Å²) in [5.74, 6) is 0.759. The second-order valence-electron chi connectivity index (χ2n) is 3.83. The molecule has 0 aliphatic rings. The van der Waals surface area contributed by atoms with Crippen LogP contribution in [0.3, 0.4) is 0 Å². The number of para-hydroxylation sites is 1. The summed E-state index contributed by atoms with van der Waals surface area (Å²) >= 11 is 0. The number of halogens is 1. The molecule has 2 aromatic heterocycles. The Bertz CT molecular complexity index is 707. The molecule has 6 heteroatoms. The number of fused-ring (bicyclic) bond motifs is 1. The molecule has 0 aliphatic heterocycles. The predicted octanol–water partition coefficient (Wildman–Crippen LogP) is 2.54. The van der Waals surface area contributed by atoms with Crippen molar-refractivity contribution in [2.24, 2.45) is 0 Å². The molecule has 0 aliphatic carbocycles. The lowest BCUT2D eigenvalue weighted by Crippen LogP contribution is -2.00. The van der Waals surface area contributed by atoms with E-state index in [1.807, 2.05) is 0 Å². The van der Waals surface area contributed by atoms with Crippen molar-refractivity contribution in [2.45, 2.75) is 6.92 Å². The van der Waals surface area contributed by atoms with Crippen molar-refractivity contribution in [3.8, 4) is 0 Å². The molecule has 0 amide bonds. The molecule has 5 nitrogen and oxygen atoms in total. The summed E-state index contributed by atoms with van der Waals surface area (Å²) in [5, 5.41) is 2.94. The van der Waals surface area contributed by atoms with Crippen LogP contribution in [0, 0.1) is 12.7 Å². The summed E-state index contributed by atoms with van der Waals surface area (Å²) < 4.78 is 13.6. The molecule has 3 rings (SSSR count). The molecule has 0 fully saturated rings. The average Bonchev–Trinajstić information content (AvgIpc) is 2.80. The van der Waals surface area contributed by atoms with Crippen molar-refractivity contribution < 1.29 is 4.39 Å². The summed E-state index contributed by atoms with van der Waals surface area (Å²) in [7, 11) is 0. The van der Waals surface area contributed by atoms with E-state index in [2.05, 4.69) is 25.3 Å². The SMILES string of the molecule is Cc1nc(Nc2ccccc2F)c2[nH]cnc2n1. The van der Waals surface area contributed by atoms with Gasteiger partial charge in [0.1, 0.15) is 17.2 Å². The first-order chi connectivity index (χ1) is 8.74. The highest BCUT2D eigenvalue weighted by atomic mass is 19.1. The highest BCUT2D eigenvalue weighted by Crippen LogP contribution is 2.22. The van der Waals surface area contributed by atoms with Gasteiger partial charge in [-0.05, 0) is 19.1 Å². The lowest BCUT2D eigenvalue weighted by Gasteiger charge is -2.07. The third-order valence-corrected chi connectivity index (χ3v) is 2.52. The van der Waals surface area contributed by atoms with Crippen LogP contribution < -0.4 is 5.32 Å². The number of aryl methyl sites for hydroxylation is 1. The van der Waals surface area contributed by atoms with Gasteiger partial charge in [-0.3, -0.25) is 0 Å². The maximum Gasteiger partial charge on any atom is 0.183 e. The highest BCUT2D eigenvalue weighted by molar-refractivity contribution is 5.84. The van der Waals surface area contributed by atoms with E-state index in [0.29, 0.717) is 28.5 Å². The van der Waals surface area contributed by atoms with E-state index in [9.17, 15) is 4.39 Å². The van der Waals surface area contributed by atoms with Crippen molar-refractivity contribution in [2.75, 3.05) is 5.32 Å². The molecular weight excluding hydrogens is 233 g/mol. The van der Waals surface area contributed by atoms with Crippen LogP contribution in [-0.4, -0.2) is 19.9 Å². The van der Waals surface area contributed by atoms with Crippen molar-refractivity contribution in [3.05, 3.63) is 42.2 Å². The number of benzene rings is 1. The first-order valence-corrected chi connectivity index (χ1v) is 5.43. The average molecular weight is 243 g/mol. The highest BCUT2D eigenvalue weighted by Gasteiger charge is 2.09. The second-order valence-corrected chi connectivity index (χ2v) is 3.83. The Kier molecular flexibility index (Phi) is 2.40. The number of imidazole rings is 1. The molecule has 0 unspecified atom stereocenters. The van der Waals surface area contributed by atoms with Gasteiger partial charge in [0.25, 0.3) is 0 Å². The zero-order valence-corrected chi connectivity index (χ0v) is 9.61. The maximum atomic E-state index is 13.6. The predicted molar refractivity (Wildman–Crippen MR) is 66.1 cm³/mol. The van der Waals surface area contributed by atoms with Gasteiger partial charge in [-0.25, -0.2) is 19.3 Å². The number of nitrogens with zero attached hydrogens (tertiary/aromatic N) is 3. The van der Waals surface area contributed by atoms with E-state index in [1.54, 1.807) is 25.1 Å². The van der Waals surface area contributed by atoms with E-state index in [-0.39, 0.29) is 5.82 Å². The van der Waals surface area contributed by atoms with Gasteiger partial charge in [0.2, 0.25) is 0 Å². The summed E-state index contributed by atoms with van der Waals surface area (Å²) in [6.07, 6.45) is 1.53. The second kappa shape index (κ2) is 4.06. The Balaban J connectivity index is 2.10. The Morgan fingerprint density at radius 3 is 2.89 bits per heavy atom. The minimum absolute atomic E-state index is 0.332. The molecule has 1 aromatic carbocycles. The van der Waals surface area contributed by atoms with Crippen LogP contribution in [0.2, 0.25) is 0 Å². The lowest BCUT2D eigenvalue weighted by molar-refractivity contribution is 0.632. The Labute approximate surface area is 102 Å². The normalized spacial score (nSPS) is 10.8. The van der Waals surface area contributed by atoms with Crippen LogP contribution in [0.25, 0.3) is 11.2 Å². The maximum absolute atomic E-state index is 13.6. The van der Waals surface area contributed by atoms with E-state index in [1.165, 1.54) is 12.4 Å². The number of aromatic amines is 1. The monoisotopic (exact) mass is 243 g/mol. The van der Waals surface area contributed by atoms with Crippen molar-refractivity contribution in [3.63, 3.8) is 0 Å². The van der Waals surface area contributed by atoms with Gasteiger partial charge in [0.15, 0.2) is 11.5 Å². The molecule has 0 atom stereocenters. The minimum atomic E-state index is -0.332. The quantitative estimate of drug-likeness (QED) is 0.725. The van der Waals surface area contributed by atoms with Crippen LogP contribution in [0.15, 0.2) is 30.6 Å². The van der Waals surface area contributed by atoms with Crippen LogP contribution in [0.4, 0.5) is 15.9 Å². The first kappa shape index (κ1) is 10.6. The number of rotatable bonds is 2. The van der Waals surface area contributed by atoms with Gasteiger partial charge in [-0.1, -0.05) is 12.1 Å². The first-order valence-electron chi connectivity index (χ1n) is 5.43. The number of nitrogens with one attached hydrogen (secondary N) is 2. The molecule has 0 spiro atoms. The van der Waals surface area contributed by atoms with E-state index < -0.39 is 0 Å². The Morgan fingerprint density at radius 1 is 1.22 bits per heavy atom. The largest absolute Gasteiger partial charge is 0.340 e. The molecule has 2 N–H and O–H groups in total. The van der Waals surface area contributed by atoms with Gasteiger partial charge >= 0.3 is 0 Å². The molecule has 90 valence electrons. The molecule has 0 saturated carbocycles. The van der Waals surface area contributed by atoms with Gasteiger partial charge in [0, 0.05) is 0 Å². The summed E-state index contributed by atoms with van der Waals surface area (Å²) in [6.45, 7) is 1.76. The van der Waals surface area contributed by atoms with E-state index in [4.69, 9.17) is 0 Å². The molecule has 0 bridgehead atoms. The number of hydrogen-bond donors (Lipinski definition) is 2. The Morgan fingerprint density at radius 2 is 2.06 bits per heavy atom. The van der Waals surface area contributed by atoms with E-state index in [0.717, 1.165) is 0 Å². The standard InChI is InChI=1S/C12H10FN5/c1-7-16-11-10(14-6-15-11)12(17-7)18-9-5-3-2-4-8(9)13/h2-6H,1H3,(H2,14,15,16,17,18). The zero-order chi connectivity index (χ0) is 12.5. The number of hydrogen-bond acceptors (Lipinski definition) is 4. The van der Waals surface area contributed by atoms with Crippen LogP contribution in [0.5, 0.6) is 0 Å². The van der Waals surface area contributed by atoms with Crippen LogP contribution >= 0.6 is 0 Å². The van der Waals surface area contributed by atoms with Crippen molar-refractivity contribution in [1.29, 1.82) is 0 Å². The number of H-pyrrole nitrogens is 1. The fourth-order valence-corrected chi connectivity index (χ4v) is 1.72. The van der Waals surface area contributed by atoms with E-state index >= 15 is 0 Å². The smallest absolute Gasteiger partial charge is 0.183 e.